The van der Waals surface area contributed by atoms with Crippen LogP contribution in [0.3, 0.4) is 0 Å². The molecule has 1 aromatic rings. The Bertz CT molecular complexity index is 695. The first-order valence-corrected chi connectivity index (χ1v) is 15.2. The maximum absolute atomic E-state index is 9.92. The lowest BCUT2D eigenvalue weighted by Crippen LogP contribution is -2.25. The van der Waals surface area contributed by atoms with Crippen LogP contribution in [0.25, 0.3) is 0 Å². The van der Waals surface area contributed by atoms with Crippen molar-refractivity contribution in [3.8, 4) is 6.07 Å². The van der Waals surface area contributed by atoms with Gasteiger partial charge in [-0.1, -0.05) is 122 Å². The van der Waals surface area contributed by atoms with E-state index in [4.69, 9.17) is 0 Å². The number of hydrogen-bond donors (Lipinski definition) is 0. The number of unbranched alkanes of at least 4 members (excludes halogenated alkanes) is 6. The molecule has 0 unspecified atom stereocenters. The van der Waals surface area contributed by atoms with Crippen molar-refractivity contribution < 1.29 is 0 Å². The van der Waals surface area contributed by atoms with Gasteiger partial charge in [0.15, 0.2) is 0 Å². The van der Waals surface area contributed by atoms with E-state index in [1.807, 2.05) is 0 Å². The highest BCUT2D eigenvalue weighted by molar-refractivity contribution is 5.26. The zero-order chi connectivity index (χ0) is 24.1. The van der Waals surface area contributed by atoms with Gasteiger partial charge in [-0.15, -0.1) is 0 Å². The van der Waals surface area contributed by atoms with Gasteiger partial charge in [-0.05, 0) is 73.8 Å². The molecule has 0 N–H and O–H groups in total. The second kappa shape index (κ2) is 15.0. The lowest BCUT2D eigenvalue weighted by Gasteiger charge is -2.35. The first kappa shape index (κ1) is 27.3. The first-order valence-electron chi connectivity index (χ1n) is 15.2. The van der Waals surface area contributed by atoms with Crippen LogP contribution in [0.15, 0.2) is 24.3 Å². The number of benzene rings is 1. The number of nitrogens with zero attached hydrogens (tertiary/aromatic N) is 1. The second-order valence-corrected chi connectivity index (χ2v) is 12.0. The predicted octanol–water partition coefficient (Wildman–Crippen LogP) is 10.5. The number of hydrogen-bond acceptors (Lipinski definition) is 1. The molecular weight excluding hydrogens is 410 g/mol. The zero-order valence-corrected chi connectivity index (χ0v) is 22.6. The topological polar surface area (TPSA) is 23.8 Å². The van der Waals surface area contributed by atoms with Crippen LogP contribution in [-0.4, -0.2) is 0 Å². The molecule has 3 rings (SSSR count). The van der Waals surface area contributed by atoms with Gasteiger partial charge in [0.2, 0.25) is 0 Å². The Morgan fingerprint density at radius 1 is 0.735 bits per heavy atom. The minimum Gasteiger partial charge on any atom is -0.198 e. The van der Waals surface area contributed by atoms with Gasteiger partial charge >= 0.3 is 0 Å². The normalized spacial score (nSPS) is 27.4. The minimum atomic E-state index is -0.0301. The van der Waals surface area contributed by atoms with E-state index in [0.29, 0.717) is 5.92 Å². The van der Waals surface area contributed by atoms with Crippen LogP contribution in [0.5, 0.6) is 0 Å². The number of aryl methyl sites for hydroxylation is 1. The van der Waals surface area contributed by atoms with Crippen molar-refractivity contribution in [1.82, 2.24) is 0 Å². The number of nitriles is 1. The van der Waals surface area contributed by atoms with Crippen LogP contribution < -0.4 is 0 Å². The van der Waals surface area contributed by atoms with E-state index >= 15 is 0 Å². The van der Waals surface area contributed by atoms with Crippen molar-refractivity contribution in [2.24, 2.45) is 17.3 Å². The second-order valence-electron chi connectivity index (χ2n) is 12.0. The summed E-state index contributed by atoms with van der Waals surface area (Å²) in [6.45, 7) is 4.58. The van der Waals surface area contributed by atoms with Crippen molar-refractivity contribution in [1.29, 1.82) is 5.26 Å². The quantitative estimate of drug-likeness (QED) is 0.252. The molecule has 0 amide bonds. The van der Waals surface area contributed by atoms with E-state index in [2.05, 4.69) is 44.2 Å². The smallest absolute Gasteiger partial charge is 0.0689 e. The van der Waals surface area contributed by atoms with Crippen molar-refractivity contribution in [3.05, 3.63) is 35.4 Å². The fourth-order valence-electron chi connectivity index (χ4n) is 6.81. The fraction of sp³-hybridized carbons (Fsp3) is 0.788. The van der Waals surface area contributed by atoms with Crippen LogP contribution in [0.2, 0.25) is 0 Å². The van der Waals surface area contributed by atoms with Gasteiger partial charge in [0.25, 0.3) is 0 Å². The summed E-state index contributed by atoms with van der Waals surface area (Å²) in [4.78, 5) is 0. The van der Waals surface area contributed by atoms with Crippen molar-refractivity contribution >= 4 is 0 Å². The van der Waals surface area contributed by atoms with Crippen LogP contribution in [-0.2, 0) is 6.42 Å². The molecule has 190 valence electrons. The number of rotatable bonds is 14. The van der Waals surface area contributed by atoms with Gasteiger partial charge in [-0.25, -0.2) is 0 Å². The standard InChI is InChI=1S/C33H53N/c1-3-5-7-8-10-24-33(27-34)25-22-32(23-26-33)31-20-18-30(19-21-31)17-16-29-14-12-28(13-15-29)11-9-6-4-2/h18-21,28-29,32H,3-17,22-26H2,1-2H3/t28-,29-,32?,33?. The SMILES string of the molecule is CCCCCCCC1(C#N)CCC(c2ccc(CC[C@H]3CC[C@H](CCCCC)CC3)cc2)CC1. The highest BCUT2D eigenvalue weighted by Crippen LogP contribution is 2.45. The van der Waals surface area contributed by atoms with Crippen LogP contribution in [0.4, 0.5) is 0 Å². The molecule has 0 aromatic heterocycles. The molecule has 2 saturated carbocycles. The van der Waals surface area contributed by atoms with E-state index in [0.717, 1.165) is 31.1 Å². The van der Waals surface area contributed by atoms with E-state index in [1.165, 1.54) is 120 Å². The van der Waals surface area contributed by atoms with E-state index < -0.39 is 0 Å². The Labute approximate surface area is 212 Å². The molecule has 2 aliphatic carbocycles. The Hall–Kier alpha value is -1.29. The molecule has 2 aliphatic rings. The maximum Gasteiger partial charge on any atom is 0.0689 e. The van der Waals surface area contributed by atoms with Gasteiger partial charge < -0.3 is 0 Å². The molecule has 0 bridgehead atoms. The fourth-order valence-corrected chi connectivity index (χ4v) is 6.81. The molecule has 1 aromatic carbocycles. The molecule has 1 heteroatoms. The van der Waals surface area contributed by atoms with Crippen molar-refractivity contribution in [3.63, 3.8) is 0 Å². The van der Waals surface area contributed by atoms with E-state index in [-0.39, 0.29) is 5.41 Å². The molecular formula is C33H53N. The molecule has 0 heterocycles. The summed E-state index contributed by atoms with van der Waals surface area (Å²) in [5.41, 5.74) is 3.02. The minimum absolute atomic E-state index is 0.0301. The summed E-state index contributed by atoms with van der Waals surface area (Å²) in [5, 5.41) is 9.92. The Morgan fingerprint density at radius 3 is 1.94 bits per heavy atom. The average molecular weight is 464 g/mol. The largest absolute Gasteiger partial charge is 0.198 e. The van der Waals surface area contributed by atoms with Crippen molar-refractivity contribution in [2.45, 2.75) is 148 Å². The maximum atomic E-state index is 9.92. The summed E-state index contributed by atoms with van der Waals surface area (Å²) in [6.07, 6.45) is 26.5. The lowest BCUT2D eigenvalue weighted by molar-refractivity contribution is 0.223. The van der Waals surface area contributed by atoms with Gasteiger partial charge in [-0.2, -0.15) is 5.26 Å². The highest BCUT2D eigenvalue weighted by Gasteiger charge is 2.35. The Morgan fingerprint density at radius 2 is 1.32 bits per heavy atom. The van der Waals surface area contributed by atoms with Gasteiger partial charge in [0, 0.05) is 0 Å². The summed E-state index contributed by atoms with van der Waals surface area (Å²) < 4.78 is 0. The predicted molar refractivity (Wildman–Crippen MR) is 147 cm³/mol. The zero-order valence-electron chi connectivity index (χ0n) is 22.6. The van der Waals surface area contributed by atoms with Crippen molar-refractivity contribution in [2.75, 3.05) is 0 Å². The molecule has 0 saturated heterocycles. The molecule has 0 spiro atoms. The van der Waals surface area contributed by atoms with Crippen LogP contribution >= 0.6 is 0 Å². The molecule has 1 nitrogen and oxygen atoms in total. The summed E-state index contributed by atoms with van der Waals surface area (Å²) in [7, 11) is 0. The molecule has 0 aliphatic heterocycles. The third kappa shape index (κ3) is 8.73. The molecule has 34 heavy (non-hydrogen) atoms. The molecule has 0 radical (unpaired) electrons. The summed E-state index contributed by atoms with van der Waals surface area (Å²) in [5.74, 6) is 2.65. The summed E-state index contributed by atoms with van der Waals surface area (Å²) >= 11 is 0. The Kier molecular flexibility index (Phi) is 12.0. The summed E-state index contributed by atoms with van der Waals surface area (Å²) in [6, 6.07) is 12.4. The third-order valence-electron chi connectivity index (χ3n) is 9.41. The third-order valence-corrected chi connectivity index (χ3v) is 9.41. The molecule has 2 fully saturated rings. The van der Waals surface area contributed by atoms with Crippen LogP contribution in [0.1, 0.15) is 153 Å². The van der Waals surface area contributed by atoms with Gasteiger partial charge in [-0.3, -0.25) is 0 Å². The molecule has 0 atom stereocenters. The average Bonchev–Trinajstić information content (AvgIpc) is 2.89. The van der Waals surface area contributed by atoms with Gasteiger partial charge in [0.05, 0.1) is 11.5 Å². The highest BCUT2D eigenvalue weighted by atomic mass is 14.4. The lowest BCUT2D eigenvalue weighted by atomic mass is 9.67. The van der Waals surface area contributed by atoms with Crippen LogP contribution in [0, 0.1) is 28.6 Å². The van der Waals surface area contributed by atoms with E-state index in [1.54, 1.807) is 0 Å². The monoisotopic (exact) mass is 463 g/mol. The van der Waals surface area contributed by atoms with E-state index in [9.17, 15) is 5.26 Å². The van der Waals surface area contributed by atoms with Gasteiger partial charge in [0.1, 0.15) is 0 Å². The first-order chi connectivity index (χ1) is 16.7. The Balaban J connectivity index is 1.36.